The Morgan fingerprint density at radius 3 is 2.42 bits per heavy atom. The van der Waals surface area contributed by atoms with Gasteiger partial charge >= 0.3 is 0 Å². The van der Waals surface area contributed by atoms with Crippen molar-refractivity contribution < 1.29 is 27.1 Å². The molecule has 31 heavy (non-hydrogen) atoms. The minimum Gasteiger partial charge on any atom is -0.495 e. The number of anilines is 1. The van der Waals surface area contributed by atoms with Crippen LogP contribution in [-0.2, 0) is 14.8 Å². The van der Waals surface area contributed by atoms with Gasteiger partial charge in [-0.05, 0) is 49.2 Å². The van der Waals surface area contributed by atoms with Gasteiger partial charge in [-0.3, -0.25) is 4.79 Å². The summed E-state index contributed by atoms with van der Waals surface area (Å²) >= 11 is 5.89. The molecule has 1 N–H and O–H groups in total. The van der Waals surface area contributed by atoms with Gasteiger partial charge in [0, 0.05) is 13.1 Å². The maximum Gasteiger partial charge on any atom is 0.262 e. The molecule has 2 aromatic carbocycles. The predicted molar refractivity (Wildman–Crippen MR) is 116 cm³/mol. The van der Waals surface area contributed by atoms with Crippen molar-refractivity contribution in [3.05, 3.63) is 47.2 Å². The maximum absolute atomic E-state index is 13.1. The first-order valence-electron chi connectivity index (χ1n) is 9.87. The Bertz CT molecular complexity index is 1040. The van der Waals surface area contributed by atoms with E-state index in [0.717, 1.165) is 31.7 Å². The third-order valence-corrected chi connectivity index (χ3v) is 7.09. The van der Waals surface area contributed by atoms with Crippen molar-refractivity contribution in [2.45, 2.75) is 30.6 Å². The number of hydrogen-bond donors (Lipinski definition) is 1. The van der Waals surface area contributed by atoms with Crippen molar-refractivity contribution in [3.8, 4) is 11.5 Å². The molecule has 1 amide bonds. The normalized spacial score (nSPS) is 15.2. The predicted octanol–water partition coefficient (Wildman–Crippen LogP) is 4.07. The van der Waals surface area contributed by atoms with Gasteiger partial charge < -0.3 is 14.8 Å². The van der Waals surface area contributed by atoms with Crippen LogP contribution in [0.4, 0.5) is 10.1 Å². The lowest BCUT2D eigenvalue weighted by atomic mass is 10.2. The number of hydrogen-bond acceptors (Lipinski definition) is 5. The third kappa shape index (κ3) is 5.87. The van der Waals surface area contributed by atoms with Crippen LogP contribution in [0, 0.1) is 5.82 Å². The van der Waals surface area contributed by atoms with E-state index < -0.39 is 28.4 Å². The highest BCUT2D eigenvalue weighted by atomic mass is 35.5. The van der Waals surface area contributed by atoms with Crippen molar-refractivity contribution in [3.63, 3.8) is 0 Å². The number of methoxy groups -OCH3 is 1. The Hall–Kier alpha value is -2.36. The lowest BCUT2D eigenvalue weighted by molar-refractivity contribution is -0.118. The van der Waals surface area contributed by atoms with E-state index >= 15 is 0 Å². The van der Waals surface area contributed by atoms with Gasteiger partial charge in [0.05, 0.1) is 22.7 Å². The van der Waals surface area contributed by atoms with E-state index in [1.54, 1.807) is 0 Å². The Morgan fingerprint density at radius 2 is 1.77 bits per heavy atom. The summed E-state index contributed by atoms with van der Waals surface area (Å²) in [6.45, 7) is 0.544. The minimum absolute atomic E-state index is 0.0379. The summed E-state index contributed by atoms with van der Waals surface area (Å²) in [5, 5.41) is 2.64. The first kappa shape index (κ1) is 23.3. The Kier molecular flexibility index (Phi) is 7.74. The summed E-state index contributed by atoms with van der Waals surface area (Å²) < 4.78 is 51.3. The van der Waals surface area contributed by atoms with Gasteiger partial charge in [0.2, 0.25) is 10.0 Å². The average molecular weight is 471 g/mol. The summed E-state index contributed by atoms with van der Waals surface area (Å²) in [4.78, 5) is 12.4. The number of benzene rings is 2. The van der Waals surface area contributed by atoms with Crippen LogP contribution >= 0.6 is 11.6 Å². The zero-order valence-electron chi connectivity index (χ0n) is 17.1. The van der Waals surface area contributed by atoms with Gasteiger partial charge in [-0.1, -0.05) is 24.4 Å². The molecule has 1 aliphatic heterocycles. The molecule has 0 atom stereocenters. The summed E-state index contributed by atoms with van der Waals surface area (Å²) in [5.74, 6) is -0.609. The van der Waals surface area contributed by atoms with Gasteiger partial charge in [-0.15, -0.1) is 0 Å². The quantitative estimate of drug-likeness (QED) is 0.659. The van der Waals surface area contributed by atoms with E-state index in [0.29, 0.717) is 18.8 Å². The number of sulfonamides is 1. The van der Waals surface area contributed by atoms with Crippen LogP contribution in [0.3, 0.4) is 0 Å². The molecule has 2 aromatic rings. The zero-order chi connectivity index (χ0) is 22.4. The highest BCUT2D eigenvalue weighted by Gasteiger charge is 2.26. The highest BCUT2D eigenvalue weighted by Crippen LogP contribution is 2.30. The molecule has 1 aliphatic rings. The van der Waals surface area contributed by atoms with Crippen LogP contribution in [-0.4, -0.2) is 45.4 Å². The number of carbonyl (C=O) groups is 1. The standard InChI is InChI=1S/C21H24ClFN2O5S/c1-29-20-9-7-16(31(27,28)25-10-4-2-3-5-11-25)13-18(20)24-21(26)14-30-19-8-6-15(23)12-17(19)22/h6-9,12-13H,2-5,10-11,14H2,1H3,(H,24,26). The lowest BCUT2D eigenvalue weighted by Gasteiger charge is -2.21. The monoisotopic (exact) mass is 470 g/mol. The molecule has 168 valence electrons. The number of halogens is 2. The van der Waals surface area contributed by atoms with Crippen molar-refractivity contribution in [2.24, 2.45) is 0 Å². The molecule has 0 spiro atoms. The summed E-state index contributed by atoms with van der Waals surface area (Å²) in [6.07, 6.45) is 3.66. The van der Waals surface area contributed by atoms with E-state index in [2.05, 4.69) is 5.32 Å². The molecule has 0 unspecified atom stereocenters. The van der Waals surface area contributed by atoms with E-state index in [-0.39, 0.29) is 21.4 Å². The van der Waals surface area contributed by atoms with Crippen molar-refractivity contribution in [2.75, 3.05) is 32.1 Å². The molecule has 0 aromatic heterocycles. The number of ether oxygens (including phenoxy) is 2. The second kappa shape index (κ2) is 10.3. The molecular weight excluding hydrogens is 447 g/mol. The fourth-order valence-corrected chi connectivity index (χ4v) is 5.06. The third-order valence-electron chi connectivity index (χ3n) is 4.90. The average Bonchev–Trinajstić information content (AvgIpc) is 3.03. The molecule has 7 nitrogen and oxygen atoms in total. The molecule has 0 radical (unpaired) electrons. The smallest absolute Gasteiger partial charge is 0.262 e. The topological polar surface area (TPSA) is 84.9 Å². The minimum atomic E-state index is -3.69. The van der Waals surface area contributed by atoms with Crippen molar-refractivity contribution in [1.29, 1.82) is 0 Å². The number of carbonyl (C=O) groups excluding carboxylic acids is 1. The fourth-order valence-electron chi connectivity index (χ4n) is 3.30. The maximum atomic E-state index is 13.1. The second-order valence-electron chi connectivity index (χ2n) is 7.09. The van der Waals surface area contributed by atoms with E-state index in [1.165, 1.54) is 41.7 Å². The van der Waals surface area contributed by atoms with Crippen LogP contribution in [0.1, 0.15) is 25.7 Å². The molecular formula is C21H24ClFN2O5S. The first-order chi connectivity index (χ1) is 14.8. The van der Waals surface area contributed by atoms with Crippen LogP contribution < -0.4 is 14.8 Å². The lowest BCUT2D eigenvalue weighted by Crippen LogP contribution is -2.32. The van der Waals surface area contributed by atoms with Crippen LogP contribution in [0.25, 0.3) is 0 Å². The van der Waals surface area contributed by atoms with Gasteiger partial charge in [-0.25, -0.2) is 12.8 Å². The van der Waals surface area contributed by atoms with Crippen molar-refractivity contribution in [1.82, 2.24) is 4.31 Å². The summed E-state index contributed by atoms with van der Waals surface area (Å²) in [5.41, 5.74) is 0.206. The van der Waals surface area contributed by atoms with Gasteiger partial charge in [0.1, 0.15) is 17.3 Å². The molecule has 1 heterocycles. The number of rotatable bonds is 7. The van der Waals surface area contributed by atoms with Crippen LogP contribution in [0.15, 0.2) is 41.3 Å². The Balaban J connectivity index is 1.74. The van der Waals surface area contributed by atoms with Gasteiger partial charge in [-0.2, -0.15) is 4.31 Å². The Labute approximate surface area is 186 Å². The second-order valence-corrected chi connectivity index (χ2v) is 9.44. The Morgan fingerprint density at radius 1 is 1.10 bits per heavy atom. The van der Waals surface area contributed by atoms with E-state index in [9.17, 15) is 17.6 Å². The van der Waals surface area contributed by atoms with Crippen LogP contribution in [0.5, 0.6) is 11.5 Å². The molecule has 1 saturated heterocycles. The number of amides is 1. The summed E-state index contributed by atoms with van der Waals surface area (Å²) in [7, 11) is -2.27. The van der Waals surface area contributed by atoms with Crippen molar-refractivity contribution >= 4 is 33.2 Å². The summed E-state index contributed by atoms with van der Waals surface area (Å²) in [6, 6.07) is 7.90. The first-order valence-corrected chi connectivity index (χ1v) is 11.7. The molecule has 0 aliphatic carbocycles. The highest BCUT2D eigenvalue weighted by molar-refractivity contribution is 7.89. The number of nitrogens with zero attached hydrogens (tertiary/aromatic N) is 1. The molecule has 1 fully saturated rings. The molecule has 0 bridgehead atoms. The molecule has 10 heteroatoms. The fraction of sp³-hybridized carbons (Fsp3) is 0.381. The van der Waals surface area contributed by atoms with E-state index in [1.807, 2.05) is 0 Å². The largest absolute Gasteiger partial charge is 0.495 e. The number of nitrogens with one attached hydrogen (secondary N) is 1. The van der Waals surface area contributed by atoms with E-state index in [4.69, 9.17) is 21.1 Å². The van der Waals surface area contributed by atoms with Gasteiger partial charge in [0.15, 0.2) is 6.61 Å². The van der Waals surface area contributed by atoms with Gasteiger partial charge in [0.25, 0.3) is 5.91 Å². The SMILES string of the molecule is COc1ccc(S(=O)(=O)N2CCCCCC2)cc1NC(=O)COc1ccc(F)cc1Cl. The zero-order valence-corrected chi connectivity index (χ0v) is 18.6. The van der Waals surface area contributed by atoms with Crippen LogP contribution in [0.2, 0.25) is 5.02 Å². The molecule has 0 saturated carbocycles. The molecule has 3 rings (SSSR count).